The number of anilines is 3. The third kappa shape index (κ3) is 15.5. The van der Waals surface area contributed by atoms with Crippen LogP contribution in [0.5, 0.6) is 0 Å². The van der Waals surface area contributed by atoms with Gasteiger partial charge in [-0.3, -0.25) is 19.7 Å². The van der Waals surface area contributed by atoms with E-state index in [-0.39, 0.29) is 46.5 Å². The van der Waals surface area contributed by atoms with Crippen LogP contribution in [0.3, 0.4) is 0 Å². The summed E-state index contributed by atoms with van der Waals surface area (Å²) < 4.78 is 37.5. The van der Waals surface area contributed by atoms with Crippen LogP contribution >= 0.6 is 41.0 Å². The van der Waals surface area contributed by atoms with E-state index in [9.17, 15) is 19.7 Å². The van der Waals surface area contributed by atoms with Gasteiger partial charge in [-0.2, -0.15) is 16.8 Å². The van der Waals surface area contributed by atoms with Gasteiger partial charge in [0, 0.05) is 98.8 Å². The number of halogens is 4. The van der Waals surface area contributed by atoms with E-state index in [1.54, 1.807) is 36.7 Å². The number of carbonyl (C=O) groups excluding carboxylic acids is 2. The number of fused-ring (bicyclic) bond motifs is 2. The maximum absolute atomic E-state index is 12.6. The first-order valence-corrected chi connectivity index (χ1v) is 37.8. The Morgan fingerprint density at radius 3 is 1.25 bits per heavy atom. The maximum atomic E-state index is 12.6. The van der Waals surface area contributed by atoms with Crippen LogP contribution in [0, 0.1) is 20.9 Å². The van der Waals surface area contributed by atoms with Gasteiger partial charge in [-0.15, -0.1) is 0 Å². The fraction of sp³-hybridized carbons (Fsp3) is 0.219. The van der Waals surface area contributed by atoms with Gasteiger partial charge in [-0.05, 0) is 135 Å². The summed E-state index contributed by atoms with van der Waals surface area (Å²) in [6, 6.07) is 50.5. The molecule has 10 aromatic rings. The Kier molecular flexibility index (Phi) is 21.6. The number of hydrogen-bond donors (Lipinski definition) is 5. The van der Waals surface area contributed by atoms with Crippen molar-refractivity contribution in [2.24, 2.45) is 10.8 Å². The van der Waals surface area contributed by atoms with Crippen LogP contribution in [0.2, 0.25) is 10.0 Å². The van der Waals surface area contributed by atoms with Crippen LogP contribution < -0.4 is 27.0 Å². The number of amides is 2. The quantitative estimate of drug-likeness (QED) is 0.0310. The number of nitrogens with one attached hydrogen (secondary N) is 4. The SMILES string of the molecule is Nc1ccc(C(=O)NC2CC3(C2)CC(Nc2ncc(Cl)c(-c4cn(-c5ccccc5)c5ccccc45)n2)C3)cc1.O=C(NC1CC2(C1)CC(Nc1ncc(Cl)c(-c3cn(-c4ccccc4)c4ccccc34)n1)C2)c1ccc([N+](=O)[O-])cc1.O=S=O.O=S=O.[Cl][Sn][Cl]. The number of benzene rings is 6. The number of non-ortho nitro benzene ring substituents is 1. The first-order valence-electron chi connectivity index (χ1n) is 28.5. The van der Waals surface area contributed by atoms with Crippen molar-refractivity contribution in [1.82, 2.24) is 39.7 Å². The summed E-state index contributed by atoms with van der Waals surface area (Å²) in [5.41, 5.74) is 15.6. The molecule has 4 aliphatic carbocycles. The van der Waals surface area contributed by atoms with E-state index in [2.05, 4.69) is 101 Å². The monoisotopic (exact) mass is 1440 g/mol. The fourth-order valence-electron chi connectivity index (χ4n) is 12.9. The van der Waals surface area contributed by atoms with Gasteiger partial charge in [0.15, 0.2) is 0 Å². The van der Waals surface area contributed by atoms with Crippen molar-refractivity contribution in [3.8, 4) is 33.9 Å². The summed E-state index contributed by atoms with van der Waals surface area (Å²) in [6.07, 6.45) is 15.4. The normalized spacial score (nSPS) is 19.6. The molecule has 2 radical (unpaired) electrons. The topological polar surface area (TPSA) is 281 Å². The zero-order valence-corrected chi connectivity index (χ0v) is 55.6. The number of nitrogen functional groups attached to an aromatic ring is 1. The number of nitrogens with zero attached hydrogens (tertiary/aromatic N) is 7. The minimum absolute atomic E-state index is 0.0297. The molecule has 0 bridgehead atoms. The Bertz CT molecular complexity index is 4300. The molecule has 14 rings (SSSR count). The molecule has 0 aliphatic heterocycles. The zero-order valence-electron chi connectivity index (χ0n) is 48.1. The van der Waals surface area contributed by atoms with Gasteiger partial charge in [0.05, 0.1) is 49.8 Å². The molecule has 4 aliphatic rings. The molecule has 4 aromatic heterocycles. The Balaban J connectivity index is 0.000000177. The average molecular weight is 1450 g/mol. The predicted octanol–water partition coefficient (Wildman–Crippen LogP) is 12.9. The molecule has 2 amide bonds. The number of nitro benzene ring substituents is 1. The molecular formula is C64H56Cl4N12O8S2Sn. The second-order valence-corrected chi connectivity index (χ2v) is 27.9. The first kappa shape index (κ1) is 65.8. The molecule has 0 saturated heterocycles. The van der Waals surface area contributed by atoms with Crippen molar-refractivity contribution in [3.63, 3.8) is 0 Å². The van der Waals surface area contributed by atoms with Crippen molar-refractivity contribution < 1.29 is 31.3 Å². The van der Waals surface area contributed by atoms with E-state index in [1.807, 2.05) is 60.7 Å². The van der Waals surface area contributed by atoms with Gasteiger partial charge in [0.1, 0.15) is 0 Å². The van der Waals surface area contributed by atoms with Gasteiger partial charge in [-0.25, -0.2) is 19.9 Å². The average Bonchev–Trinajstić information content (AvgIpc) is 1.52. The van der Waals surface area contributed by atoms with E-state index in [1.165, 1.54) is 24.3 Å². The number of rotatable bonds is 13. The van der Waals surface area contributed by atoms with Gasteiger partial charge in [0.2, 0.25) is 11.9 Å². The van der Waals surface area contributed by atoms with Crippen molar-refractivity contribution in [1.29, 1.82) is 0 Å². The Morgan fingerprint density at radius 1 is 0.538 bits per heavy atom. The van der Waals surface area contributed by atoms with Crippen LogP contribution in [0.4, 0.5) is 23.3 Å². The van der Waals surface area contributed by atoms with Crippen LogP contribution in [0.25, 0.3) is 55.7 Å². The van der Waals surface area contributed by atoms with Crippen molar-refractivity contribution >= 4 is 140 Å². The van der Waals surface area contributed by atoms with Gasteiger partial charge < -0.3 is 36.1 Å². The molecule has 0 atom stereocenters. The summed E-state index contributed by atoms with van der Waals surface area (Å²) in [6.45, 7) is 0. The summed E-state index contributed by atoms with van der Waals surface area (Å²) in [7, 11) is 9.87. The second-order valence-electron chi connectivity index (χ2n) is 22.6. The molecule has 6 N–H and O–H groups in total. The van der Waals surface area contributed by atoms with Crippen molar-refractivity contribution in [2.45, 2.75) is 75.5 Å². The molecule has 27 heteroatoms. The van der Waals surface area contributed by atoms with E-state index in [4.69, 9.17) is 73.6 Å². The Morgan fingerprint density at radius 2 is 0.879 bits per heavy atom. The number of carbonyl (C=O) groups is 2. The molecule has 464 valence electrons. The number of aromatic nitrogens is 6. The van der Waals surface area contributed by atoms with Crippen LogP contribution in [0.1, 0.15) is 72.1 Å². The summed E-state index contributed by atoms with van der Waals surface area (Å²) >= 11 is 11.0. The first-order chi connectivity index (χ1) is 44.1. The number of nitrogens with two attached hydrogens (primary N) is 1. The molecule has 20 nitrogen and oxygen atoms in total. The van der Waals surface area contributed by atoms with Gasteiger partial charge in [-0.1, -0.05) is 96.0 Å². The number of nitro groups is 1. The predicted molar refractivity (Wildman–Crippen MR) is 357 cm³/mol. The van der Waals surface area contributed by atoms with Crippen molar-refractivity contribution in [3.05, 3.63) is 214 Å². The van der Waals surface area contributed by atoms with Crippen LogP contribution in [-0.4, -0.2) is 106 Å². The van der Waals surface area contributed by atoms with Gasteiger partial charge in [0.25, 0.3) is 17.5 Å². The van der Waals surface area contributed by atoms with Gasteiger partial charge >= 0.3 is 59.9 Å². The third-order valence-electron chi connectivity index (χ3n) is 16.8. The van der Waals surface area contributed by atoms with E-state index < -0.39 is 47.0 Å². The molecular weight excluding hydrogens is 1390 g/mol. The molecule has 0 unspecified atom stereocenters. The zero-order chi connectivity index (χ0) is 64.2. The molecule has 6 aromatic carbocycles. The van der Waals surface area contributed by atoms with Crippen LogP contribution in [0.15, 0.2) is 183 Å². The van der Waals surface area contributed by atoms with E-state index in [0.717, 1.165) is 95.7 Å². The third-order valence-corrected chi connectivity index (χ3v) is 17.3. The van der Waals surface area contributed by atoms with Crippen molar-refractivity contribution in [2.75, 3.05) is 16.4 Å². The molecule has 91 heavy (non-hydrogen) atoms. The second kappa shape index (κ2) is 29.9. The van der Waals surface area contributed by atoms with Crippen LogP contribution in [-0.2, 0) is 23.1 Å². The summed E-state index contributed by atoms with van der Waals surface area (Å²) in [5, 5.41) is 27.2. The fourth-order valence-corrected chi connectivity index (χ4v) is 13.3. The van der Waals surface area contributed by atoms with E-state index >= 15 is 0 Å². The van der Waals surface area contributed by atoms with E-state index in [0.29, 0.717) is 56.2 Å². The number of hydrogen-bond acceptors (Lipinski definition) is 15. The Labute approximate surface area is 557 Å². The molecule has 2 spiro atoms. The standard InChI is InChI=1S/C32H27ClN6O3.C32H29ClN6O.2ClH.2O2S.Sn/c33-27-18-34-31(37-29(27)26-19-38(23-6-2-1-3-7-23)28-9-5-4-8-25(26)28)36-22-16-32(17-22)14-21(15-32)35-30(40)20-10-12-24(13-11-20)39(41)42;33-27-18-35-31(37-23-16-32(17-23)14-22(15-32)36-30(40)20-10-12-21(34)13-11-20)38-29(27)26-19-39(24-6-2-1-3-7-24)28-9-5-4-8-25(26)28;;;2*1-3-2;/h1-13,18-19,21-22H,14-17H2,(H,35,40)(H,34,36,37);1-13,18-19,22-23H,14-17,34H2,(H,36,40)(H,35,37,38);2*1H;;;/q;;;;;;+2/p-2. The summed E-state index contributed by atoms with van der Waals surface area (Å²) in [5.74, 6) is 0.899. The molecule has 4 saturated carbocycles. The summed E-state index contributed by atoms with van der Waals surface area (Å²) in [4.78, 5) is 54.2. The molecule has 4 heterocycles. The minimum atomic E-state index is -0.826. The number of para-hydroxylation sites is 4. The Hall–Kier alpha value is -8.10. The molecule has 4 fully saturated rings.